The predicted octanol–water partition coefficient (Wildman–Crippen LogP) is 1.06. The molecular weight excluding hydrogens is 197 g/mol. The fourth-order valence-electron chi connectivity index (χ4n) is 0.978. The fraction of sp³-hybridized carbons (Fsp3) is 0.182. The van der Waals surface area contributed by atoms with Crippen molar-refractivity contribution in [2.24, 2.45) is 5.73 Å². The predicted molar refractivity (Wildman–Crippen MR) is 53.6 cm³/mol. The van der Waals surface area contributed by atoms with Crippen LogP contribution in [0.4, 0.5) is 4.39 Å². The van der Waals surface area contributed by atoms with Gasteiger partial charge in [-0.15, -0.1) is 0 Å². The Morgan fingerprint density at radius 3 is 2.87 bits per heavy atom. The molecule has 2 N–H and O–H groups in total. The third-order valence-electron chi connectivity index (χ3n) is 1.65. The second kappa shape index (κ2) is 5.01. The molecule has 0 aliphatic carbocycles. The highest BCUT2D eigenvalue weighted by Crippen LogP contribution is 2.16. The molecule has 1 rings (SSSR count). The number of amides is 1. The molecule has 0 fully saturated rings. The summed E-state index contributed by atoms with van der Waals surface area (Å²) in [5.74, 6) is 4.33. The zero-order valence-corrected chi connectivity index (χ0v) is 8.21. The van der Waals surface area contributed by atoms with E-state index in [-0.39, 0.29) is 12.2 Å². The SMILES string of the molecule is COc1ccc(C#CCC(N)=O)cc1F. The number of hydrogen-bond acceptors (Lipinski definition) is 2. The maximum Gasteiger partial charge on any atom is 0.229 e. The quantitative estimate of drug-likeness (QED) is 0.737. The molecule has 15 heavy (non-hydrogen) atoms. The molecule has 0 heterocycles. The van der Waals surface area contributed by atoms with Gasteiger partial charge in [0, 0.05) is 5.56 Å². The van der Waals surface area contributed by atoms with Crippen molar-refractivity contribution in [2.45, 2.75) is 6.42 Å². The Balaban J connectivity index is 2.82. The largest absolute Gasteiger partial charge is 0.494 e. The maximum atomic E-state index is 13.2. The number of nitrogens with two attached hydrogens (primary N) is 1. The van der Waals surface area contributed by atoms with E-state index in [2.05, 4.69) is 11.8 Å². The molecule has 1 amide bonds. The molecule has 0 aliphatic rings. The number of carbonyl (C=O) groups is 1. The van der Waals surface area contributed by atoms with Crippen molar-refractivity contribution >= 4 is 5.91 Å². The van der Waals surface area contributed by atoms with E-state index in [0.717, 1.165) is 0 Å². The van der Waals surface area contributed by atoms with Gasteiger partial charge in [-0.25, -0.2) is 4.39 Å². The number of rotatable bonds is 2. The van der Waals surface area contributed by atoms with Crippen LogP contribution in [0.2, 0.25) is 0 Å². The van der Waals surface area contributed by atoms with Gasteiger partial charge in [0.05, 0.1) is 13.5 Å². The van der Waals surface area contributed by atoms with E-state index in [1.807, 2.05) is 0 Å². The van der Waals surface area contributed by atoms with Crippen LogP contribution in [0.5, 0.6) is 5.75 Å². The Morgan fingerprint density at radius 1 is 1.60 bits per heavy atom. The molecule has 0 atom stereocenters. The number of primary amides is 1. The minimum Gasteiger partial charge on any atom is -0.494 e. The molecule has 0 saturated carbocycles. The number of benzene rings is 1. The standard InChI is InChI=1S/C11H10FNO2/c1-15-10-6-5-8(7-9(10)12)3-2-4-11(13)14/h5-7H,4H2,1H3,(H2,13,14). The van der Waals surface area contributed by atoms with Crippen molar-refractivity contribution in [3.63, 3.8) is 0 Å². The summed E-state index contributed by atoms with van der Waals surface area (Å²) >= 11 is 0. The molecule has 4 heteroatoms. The Kier molecular flexibility index (Phi) is 3.69. The second-order valence-electron chi connectivity index (χ2n) is 2.79. The zero-order valence-electron chi connectivity index (χ0n) is 8.21. The van der Waals surface area contributed by atoms with Gasteiger partial charge in [-0.05, 0) is 18.2 Å². The summed E-state index contributed by atoms with van der Waals surface area (Å²) in [5, 5.41) is 0. The highest BCUT2D eigenvalue weighted by Gasteiger charge is 2.01. The lowest BCUT2D eigenvalue weighted by molar-refractivity contribution is -0.117. The topological polar surface area (TPSA) is 52.3 Å². The molecular formula is C11H10FNO2. The number of hydrogen-bond donors (Lipinski definition) is 1. The number of methoxy groups -OCH3 is 1. The second-order valence-corrected chi connectivity index (χ2v) is 2.79. The highest BCUT2D eigenvalue weighted by atomic mass is 19.1. The van der Waals surface area contributed by atoms with Crippen molar-refractivity contribution in [1.29, 1.82) is 0 Å². The van der Waals surface area contributed by atoms with Crippen molar-refractivity contribution in [3.8, 4) is 17.6 Å². The van der Waals surface area contributed by atoms with Gasteiger partial charge in [0.2, 0.25) is 5.91 Å². The number of ether oxygens (including phenoxy) is 1. The summed E-state index contributed by atoms with van der Waals surface area (Å²) < 4.78 is 17.9. The first kappa shape index (κ1) is 11.1. The Labute approximate surface area is 87.0 Å². The van der Waals surface area contributed by atoms with Crippen molar-refractivity contribution < 1.29 is 13.9 Å². The van der Waals surface area contributed by atoms with Crippen LogP contribution in [0.25, 0.3) is 0 Å². The third-order valence-corrected chi connectivity index (χ3v) is 1.65. The normalized spacial score (nSPS) is 8.93. The van der Waals surface area contributed by atoms with E-state index in [0.29, 0.717) is 5.56 Å². The average molecular weight is 207 g/mol. The first-order valence-electron chi connectivity index (χ1n) is 4.24. The van der Waals surface area contributed by atoms with Crippen LogP contribution in [0.1, 0.15) is 12.0 Å². The lowest BCUT2D eigenvalue weighted by Crippen LogP contribution is -2.08. The molecule has 0 saturated heterocycles. The highest BCUT2D eigenvalue weighted by molar-refractivity contribution is 5.76. The summed E-state index contributed by atoms with van der Waals surface area (Å²) in [7, 11) is 1.39. The van der Waals surface area contributed by atoms with Crippen LogP contribution >= 0.6 is 0 Å². The Morgan fingerprint density at radius 2 is 2.33 bits per heavy atom. The molecule has 0 unspecified atom stereocenters. The minimum absolute atomic E-state index is 0.0341. The van der Waals surface area contributed by atoms with Crippen LogP contribution in [0.15, 0.2) is 18.2 Å². The van der Waals surface area contributed by atoms with Gasteiger partial charge in [-0.3, -0.25) is 4.79 Å². The lowest BCUT2D eigenvalue weighted by Gasteiger charge is -2.00. The van der Waals surface area contributed by atoms with Gasteiger partial charge >= 0.3 is 0 Å². The Bertz CT molecular complexity index is 432. The van der Waals surface area contributed by atoms with E-state index in [1.165, 1.54) is 19.2 Å². The summed E-state index contributed by atoms with van der Waals surface area (Å²) in [4.78, 5) is 10.4. The third kappa shape index (κ3) is 3.31. The van der Waals surface area contributed by atoms with Gasteiger partial charge in [0.1, 0.15) is 0 Å². The van der Waals surface area contributed by atoms with Crippen molar-refractivity contribution in [3.05, 3.63) is 29.6 Å². The Hall–Kier alpha value is -2.02. The first-order chi connectivity index (χ1) is 7.13. The van der Waals surface area contributed by atoms with Gasteiger partial charge in [0.15, 0.2) is 11.6 Å². The van der Waals surface area contributed by atoms with Crippen LogP contribution in [-0.4, -0.2) is 13.0 Å². The lowest BCUT2D eigenvalue weighted by atomic mass is 10.2. The smallest absolute Gasteiger partial charge is 0.229 e. The number of halogens is 1. The van der Waals surface area contributed by atoms with Crippen molar-refractivity contribution in [1.82, 2.24) is 0 Å². The molecule has 78 valence electrons. The van der Waals surface area contributed by atoms with E-state index in [9.17, 15) is 9.18 Å². The van der Waals surface area contributed by atoms with Crippen LogP contribution < -0.4 is 10.5 Å². The molecule has 0 aromatic heterocycles. The van der Waals surface area contributed by atoms with Gasteiger partial charge < -0.3 is 10.5 Å². The molecule has 0 radical (unpaired) electrons. The summed E-state index contributed by atoms with van der Waals surface area (Å²) in [5.41, 5.74) is 5.38. The maximum absolute atomic E-state index is 13.2. The van der Waals surface area contributed by atoms with Crippen LogP contribution in [0.3, 0.4) is 0 Å². The summed E-state index contributed by atoms with van der Waals surface area (Å²) in [6, 6.07) is 4.33. The van der Waals surface area contributed by atoms with Crippen LogP contribution in [-0.2, 0) is 4.79 Å². The molecule has 1 aromatic carbocycles. The molecule has 0 bridgehead atoms. The first-order valence-corrected chi connectivity index (χ1v) is 4.24. The molecule has 0 aliphatic heterocycles. The van der Waals surface area contributed by atoms with Gasteiger partial charge in [0.25, 0.3) is 0 Å². The summed E-state index contributed by atoms with van der Waals surface area (Å²) in [6.07, 6.45) is -0.0341. The zero-order chi connectivity index (χ0) is 11.3. The van der Waals surface area contributed by atoms with Gasteiger partial charge in [-0.2, -0.15) is 0 Å². The summed E-state index contributed by atoms with van der Waals surface area (Å²) in [6.45, 7) is 0. The number of carbonyl (C=O) groups excluding carboxylic acids is 1. The van der Waals surface area contributed by atoms with Crippen molar-refractivity contribution in [2.75, 3.05) is 7.11 Å². The van der Waals surface area contributed by atoms with E-state index < -0.39 is 11.7 Å². The molecule has 0 spiro atoms. The van der Waals surface area contributed by atoms with E-state index in [4.69, 9.17) is 10.5 Å². The van der Waals surface area contributed by atoms with E-state index >= 15 is 0 Å². The monoisotopic (exact) mass is 207 g/mol. The fourth-order valence-corrected chi connectivity index (χ4v) is 0.978. The average Bonchev–Trinajstić information content (AvgIpc) is 2.17. The minimum atomic E-state index is -0.503. The van der Waals surface area contributed by atoms with Crippen LogP contribution in [0, 0.1) is 17.7 Å². The van der Waals surface area contributed by atoms with E-state index in [1.54, 1.807) is 6.07 Å². The van der Waals surface area contributed by atoms with Gasteiger partial charge in [-0.1, -0.05) is 11.8 Å². The molecule has 1 aromatic rings. The molecule has 3 nitrogen and oxygen atoms in total.